The predicted octanol–water partition coefficient (Wildman–Crippen LogP) is 3.51. The van der Waals surface area contributed by atoms with Gasteiger partial charge in [0, 0.05) is 29.1 Å². The fourth-order valence-corrected chi connectivity index (χ4v) is 2.89. The van der Waals surface area contributed by atoms with Crippen LogP contribution in [0.4, 0.5) is 20.5 Å². The van der Waals surface area contributed by atoms with Gasteiger partial charge < -0.3 is 16.2 Å². The Hall–Kier alpha value is -3.75. The van der Waals surface area contributed by atoms with E-state index in [2.05, 4.69) is 25.5 Å². The lowest BCUT2D eigenvalue weighted by Gasteiger charge is -2.10. The van der Waals surface area contributed by atoms with E-state index in [-0.39, 0.29) is 17.7 Å². The Morgan fingerprint density at radius 3 is 2.75 bits per heavy atom. The van der Waals surface area contributed by atoms with E-state index in [4.69, 9.17) is 5.73 Å². The Kier molecular flexibility index (Phi) is 4.26. The van der Waals surface area contributed by atoms with Crippen molar-refractivity contribution in [1.29, 1.82) is 0 Å². The zero-order valence-electron chi connectivity index (χ0n) is 14.8. The normalized spacial score (nSPS) is 11.1. The molecule has 2 heterocycles. The van der Waals surface area contributed by atoms with E-state index in [1.165, 1.54) is 6.92 Å². The summed E-state index contributed by atoms with van der Waals surface area (Å²) in [4.78, 5) is 8.57. The second kappa shape index (κ2) is 6.76. The second-order valence-corrected chi connectivity index (χ2v) is 6.30. The Labute approximate surface area is 158 Å². The number of nitrogens with one attached hydrogen (secondary N) is 2. The van der Waals surface area contributed by atoms with Gasteiger partial charge in [0.15, 0.2) is 17.4 Å². The first-order chi connectivity index (χ1) is 13.4. The zero-order chi connectivity index (χ0) is 19.8. The van der Waals surface area contributed by atoms with E-state index in [9.17, 15) is 13.9 Å². The minimum Gasteiger partial charge on any atom is -0.505 e. The van der Waals surface area contributed by atoms with Gasteiger partial charge in [-0.25, -0.2) is 18.9 Å². The monoisotopic (exact) mass is 382 g/mol. The van der Waals surface area contributed by atoms with Gasteiger partial charge in [-0.2, -0.15) is 10.1 Å². The van der Waals surface area contributed by atoms with E-state index >= 15 is 0 Å². The molecule has 4 aromatic rings. The number of fused-ring (bicyclic) bond motifs is 1. The number of halogens is 2. The Morgan fingerprint density at radius 2 is 1.93 bits per heavy atom. The number of aromatic amines is 1. The summed E-state index contributed by atoms with van der Waals surface area (Å²) in [6.45, 7) is 1.44. The Bertz CT molecular complexity index is 1160. The smallest absolute Gasteiger partial charge is 0.219 e. The largest absolute Gasteiger partial charge is 0.505 e. The number of nitrogens with two attached hydrogens (primary N) is 1. The van der Waals surface area contributed by atoms with Crippen LogP contribution in [0.3, 0.4) is 0 Å². The molecule has 0 bridgehead atoms. The fraction of sp³-hybridized carbons (Fsp3) is 0.105. The molecule has 0 saturated carbocycles. The summed E-state index contributed by atoms with van der Waals surface area (Å²) in [5, 5.41) is 20.5. The molecule has 4 rings (SSSR count). The Morgan fingerprint density at radius 1 is 1.11 bits per heavy atom. The lowest BCUT2D eigenvalue weighted by molar-refractivity contribution is 0.420. The van der Waals surface area contributed by atoms with Crippen molar-refractivity contribution in [1.82, 2.24) is 20.2 Å². The topological polar surface area (TPSA) is 113 Å². The molecule has 0 aliphatic rings. The van der Waals surface area contributed by atoms with Gasteiger partial charge in [0.1, 0.15) is 11.6 Å². The highest BCUT2D eigenvalue weighted by Crippen LogP contribution is 2.28. The van der Waals surface area contributed by atoms with Crippen molar-refractivity contribution < 1.29 is 13.9 Å². The van der Waals surface area contributed by atoms with Gasteiger partial charge in [-0.05, 0) is 42.8 Å². The molecular formula is C19H16F2N6O. The number of hydrogen-bond donors (Lipinski definition) is 4. The van der Waals surface area contributed by atoms with Crippen molar-refractivity contribution in [3.05, 3.63) is 59.2 Å². The number of H-pyrrole nitrogens is 1. The van der Waals surface area contributed by atoms with Gasteiger partial charge in [0.2, 0.25) is 5.95 Å². The molecule has 0 radical (unpaired) electrons. The van der Waals surface area contributed by atoms with E-state index < -0.39 is 17.4 Å². The summed E-state index contributed by atoms with van der Waals surface area (Å²) in [5.74, 6) is -1.15. The van der Waals surface area contributed by atoms with Gasteiger partial charge in [0.25, 0.3) is 0 Å². The molecule has 0 aliphatic carbocycles. The van der Waals surface area contributed by atoms with Crippen molar-refractivity contribution in [2.75, 3.05) is 11.1 Å². The predicted molar refractivity (Wildman–Crippen MR) is 102 cm³/mol. The third-order valence-electron chi connectivity index (χ3n) is 4.46. The number of nitrogen functional groups attached to an aromatic ring is 1. The van der Waals surface area contributed by atoms with E-state index in [1.807, 2.05) is 24.3 Å². The molecule has 2 aromatic heterocycles. The lowest BCUT2D eigenvalue weighted by Crippen LogP contribution is -2.05. The molecule has 0 unspecified atom stereocenters. The number of benzene rings is 2. The van der Waals surface area contributed by atoms with Crippen LogP contribution in [0, 0.1) is 18.6 Å². The summed E-state index contributed by atoms with van der Waals surface area (Å²) in [5.41, 5.74) is 7.48. The molecule has 7 nitrogen and oxygen atoms in total. The summed E-state index contributed by atoms with van der Waals surface area (Å²) in [6.07, 6.45) is 0. The summed E-state index contributed by atoms with van der Waals surface area (Å²) in [7, 11) is 0. The highest BCUT2D eigenvalue weighted by molar-refractivity contribution is 5.84. The molecule has 0 spiro atoms. The van der Waals surface area contributed by atoms with Crippen molar-refractivity contribution in [2.45, 2.75) is 13.5 Å². The number of phenols is 1. The number of phenolic OH excluding ortho intramolecular Hbond substituents is 1. The van der Waals surface area contributed by atoms with Crippen LogP contribution < -0.4 is 11.1 Å². The second-order valence-electron chi connectivity index (χ2n) is 6.30. The number of anilines is 2. The van der Waals surface area contributed by atoms with Crippen LogP contribution in [0.2, 0.25) is 0 Å². The molecule has 0 amide bonds. The maximum absolute atomic E-state index is 13.7. The van der Waals surface area contributed by atoms with Crippen molar-refractivity contribution in [3.63, 3.8) is 0 Å². The maximum atomic E-state index is 13.7. The highest BCUT2D eigenvalue weighted by atomic mass is 19.1. The minimum absolute atomic E-state index is 0.0259. The number of rotatable bonds is 4. The number of hydrogen-bond acceptors (Lipinski definition) is 6. The average Bonchev–Trinajstić information content (AvgIpc) is 3.15. The van der Waals surface area contributed by atoms with Crippen LogP contribution in [0.1, 0.15) is 11.1 Å². The molecule has 0 aliphatic heterocycles. The average molecular weight is 382 g/mol. The van der Waals surface area contributed by atoms with Crippen LogP contribution in [0.25, 0.3) is 22.3 Å². The first-order valence-electron chi connectivity index (χ1n) is 8.42. The first-order valence-corrected chi connectivity index (χ1v) is 8.42. The van der Waals surface area contributed by atoms with E-state index in [0.717, 1.165) is 16.5 Å². The minimum atomic E-state index is -1.01. The number of nitrogens with zero attached hydrogens (tertiary/aromatic N) is 3. The SMILES string of the molecule is Cc1c(F)cc(F)c(O)c1CNc1nc(-c2ccc3nc(N)ccc3c2)n[nH]1. The quantitative estimate of drug-likeness (QED) is 0.430. The fourth-order valence-electron chi connectivity index (χ4n) is 2.89. The van der Waals surface area contributed by atoms with E-state index in [0.29, 0.717) is 23.7 Å². The van der Waals surface area contributed by atoms with Gasteiger partial charge in [0.05, 0.1) is 5.52 Å². The van der Waals surface area contributed by atoms with Crippen LogP contribution in [0.15, 0.2) is 36.4 Å². The van der Waals surface area contributed by atoms with E-state index in [1.54, 1.807) is 6.07 Å². The standard InChI is InChI=1S/C19H16F2N6O/c1-9-12(17(28)14(21)7-13(9)20)8-23-19-25-18(26-27-19)11-2-4-15-10(6-11)3-5-16(22)24-15/h2-7,28H,8H2,1H3,(H2,22,24)(H2,23,25,26,27). The summed E-state index contributed by atoms with van der Waals surface area (Å²) >= 11 is 0. The van der Waals surface area contributed by atoms with Crippen molar-refractivity contribution in [2.24, 2.45) is 0 Å². The van der Waals surface area contributed by atoms with Crippen LogP contribution in [0.5, 0.6) is 5.75 Å². The van der Waals surface area contributed by atoms with Crippen LogP contribution >= 0.6 is 0 Å². The molecule has 28 heavy (non-hydrogen) atoms. The summed E-state index contributed by atoms with van der Waals surface area (Å²) in [6, 6.07) is 9.75. The zero-order valence-corrected chi connectivity index (χ0v) is 14.8. The van der Waals surface area contributed by atoms with Gasteiger partial charge >= 0.3 is 0 Å². The maximum Gasteiger partial charge on any atom is 0.219 e. The number of pyridine rings is 1. The van der Waals surface area contributed by atoms with Crippen LogP contribution in [-0.2, 0) is 6.54 Å². The third kappa shape index (κ3) is 3.18. The molecule has 0 atom stereocenters. The third-order valence-corrected chi connectivity index (χ3v) is 4.46. The highest BCUT2D eigenvalue weighted by Gasteiger charge is 2.16. The first kappa shape index (κ1) is 17.7. The van der Waals surface area contributed by atoms with Gasteiger partial charge in [-0.15, -0.1) is 0 Å². The van der Waals surface area contributed by atoms with Crippen LogP contribution in [-0.4, -0.2) is 25.3 Å². The molecule has 5 N–H and O–H groups in total. The van der Waals surface area contributed by atoms with Crippen molar-refractivity contribution >= 4 is 22.7 Å². The lowest BCUT2D eigenvalue weighted by atomic mass is 10.1. The van der Waals surface area contributed by atoms with Gasteiger partial charge in [-0.3, -0.25) is 0 Å². The molecule has 142 valence electrons. The molecule has 0 saturated heterocycles. The summed E-state index contributed by atoms with van der Waals surface area (Å²) < 4.78 is 27.3. The molecule has 9 heteroatoms. The molecular weight excluding hydrogens is 366 g/mol. The Balaban J connectivity index is 1.57. The number of aromatic hydroxyl groups is 1. The molecule has 0 fully saturated rings. The van der Waals surface area contributed by atoms with Crippen molar-refractivity contribution in [3.8, 4) is 17.1 Å². The van der Waals surface area contributed by atoms with Gasteiger partial charge in [-0.1, -0.05) is 0 Å². The number of aromatic nitrogens is 4. The molecule has 2 aromatic carbocycles.